The minimum absolute atomic E-state index is 0.146. The second-order valence-corrected chi connectivity index (χ2v) is 3.80. The molecule has 0 aliphatic heterocycles. The molecule has 0 aliphatic rings. The summed E-state index contributed by atoms with van der Waals surface area (Å²) in [7, 11) is 0. The van der Waals surface area contributed by atoms with Crippen LogP contribution in [0.1, 0.15) is 5.56 Å². The van der Waals surface area contributed by atoms with Crippen LogP contribution in [0.4, 0.5) is 4.39 Å². The Morgan fingerprint density at radius 3 is 2.73 bits per heavy atom. The Labute approximate surface area is 82.1 Å². The molecule has 0 aliphatic carbocycles. The van der Waals surface area contributed by atoms with Gasteiger partial charge in [0.2, 0.25) is 0 Å². The van der Waals surface area contributed by atoms with Gasteiger partial charge in [-0.15, -0.1) is 0 Å². The fourth-order valence-corrected chi connectivity index (χ4v) is 1.68. The second kappa shape index (κ2) is 4.21. The van der Waals surface area contributed by atoms with Gasteiger partial charge < -0.3 is 0 Å². The van der Waals surface area contributed by atoms with Crippen LogP contribution >= 0.6 is 31.9 Å². The highest BCUT2D eigenvalue weighted by Crippen LogP contribution is 2.19. The summed E-state index contributed by atoms with van der Waals surface area (Å²) in [5.74, 6) is -0.146. The molecule has 0 saturated heterocycles. The van der Waals surface area contributed by atoms with E-state index < -0.39 is 0 Å². The number of hydrogen-bond donors (Lipinski definition) is 0. The Morgan fingerprint density at radius 2 is 2.09 bits per heavy atom. The first kappa shape index (κ1) is 9.20. The minimum Gasteiger partial charge on any atom is -0.205 e. The topological polar surface area (TPSA) is 0 Å². The van der Waals surface area contributed by atoms with E-state index in [2.05, 4.69) is 31.9 Å². The van der Waals surface area contributed by atoms with Gasteiger partial charge in [-0.1, -0.05) is 28.1 Å². The predicted octanol–water partition coefficient (Wildman–Crippen LogP) is 3.53. The van der Waals surface area contributed by atoms with E-state index in [1.807, 2.05) is 6.07 Å². The SMILES string of the molecule is Fc1c(Br)cccc1CCBr. The summed E-state index contributed by atoms with van der Waals surface area (Å²) in [6.45, 7) is 0. The van der Waals surface area contributed by atoms with Gasteiger partial charge in [0.15, 0.2) is 0 Å². The van der Waals surface area contributed by atoms with Gasteiger partial charge in [0.1, 0.15) is 5.82 Å². The van der Waals surface area contributed by atoms with Crippen molar-refractivity contribution < 1.29 is 4.39 Å². The third kappa shape index (κ3) is 2.27. The van der Waals surface area contributed by atoms with Crippen molar-refractivity contribution in [1.82, 2.24) is 0 Å². The summed E-state index contributed by atoms with van der Waals surface area (Å²) < 4.78 is 13.7. The van der Waals surface area contributed by atoms with Crippen molar-refractivity contribution in [2.45, 2.75) is 6.42 Å². The zero-order valence-corrected chi connectivity index (χ0v) is 8.95. The second-order valence-electron chi connectivity index (χ2n) is 2.15. The molecule has 0 radical (unpaired) electrons. The zero-order valence-electron chi connectivity index (χ0n) is 5.78. The van der Waals surface area contributed by atoms with Crippen LogP contribution in [0.15, 0.2) is 22.7 Å². The molecule has 1 aromatic carbocycles. The molecule has 3 heteroatoms. The average molecular weight is 282 g/mol. The molecule has 0 N–H and O–H groups in total. The van der Waals surface area contributed by atoms with Crippen molar-refractivity contribution in [1.29, 1.82) is 0 Å². The lowest BCUT2D eigenvalue weighted by Gasteiger charge is -2.00. The Kier molecular flexibility index (Phi) is 3.52. The fourth-order valence-electron chi connectivity index (χ4n) is 0.843. The number of rotatable bonds is 2. The summed E-state index contributed by atoms with van der Waals surface area (Å²) in [5.41, 5.74) is 0.747. The Bertz CT molecular complexity index is 248. The molecule has 0 heterocycles. The van der Waals surface area contributed by atoms with Gasteiger partial charge in [0.05, 0.1) is 4.47 Å². The molecule has 0 amide bonds. The number of hydrogen-bond acceptors (Lipinski definition) is 0. The van der Waals surface area contributed by atoms with Gasteiger partial charge in [0.25, 0.3) is 0 Å². The fraction of sp³-hybridized carbons (Fsp3) is 0.250. The molecule has 1 rings (SSSR count). The van der Waals surface area contributed by atoms with E-state index >= 15 is 0 Å². The smallest absolute Gasteiger partial charge is 0.140 e. The van der Waals surface area contributed by atoms with Crippen molar-refractivity contribution in [2.75, 3.05) is 5.33 Å². The van der Waals surface area contributed by atoms with E-state index in [-0.39, 0.29) is 5.82 Å². The van der Waals surface area contributed by atoms with Gasteiger partial charge in [-0.05, 0) is 34.0 Å². The van der Waals surface area contributed by atoms with Crippen LogP contribution in [-0.2, 0) is 6.42 Å². The number of halogens is 3. The standard InChI is InChI=1S/C8H7Br2F/c9-5-4-6-2-1-3-7(10)8(6)11/h1-3H,4-5H2. The van der Waals surface area contributed by atoms with E-state index in [1.54, 1.807) is 12.1 Å². The number of alkyl halides is 1. The normalized spacial score (nSPS) is 10.1. The summed E-state index contributed by atoms with van der Waals surface area (Å²) in [4.78, 5) is 0. The van der Waals surface area contributed by atoms with Gasteiger partial charge in [-0.2, -0.15) is 0 Å². The molecule has 0 atom stereocenters. The molecular weight excluding hydrogens is 275 g/mol. The van der Waals surface area contributed by atoms with Gasteiger partial charge >= 0.3 is 0 Å². The van der Waals surface area contributed by atoms with Gasteiger partial charge in [-0.25, -0.2) is 4.39 Å². The van der Waals surface area contributed by atoms with Crippen LogP contribution in [0.3, 0.4) is 0 Å². The summed E-state index contributed by atoms with van der Waals surface area (Å²) >= 11 is 6.39. The number of aryl methyl sites for hydroxylation is 1. The lowest BCUT2D eigenvalue weighted by atomic mass is 10.2. The molecule has 0 saturated carbocycles. The van der Waals surface area contributed by atoms with E-state index in [0.29, 0.717) is 4.47 Å². The average Bonchev–Trinajstić information content (AvgIpc) is 1.99. The highest BCUT2D eigenvalue weighted by molar-refractivity contribution is 9.10. The molecule has 1 aromatic rings. The molecule has 0 aromatic heterocycles. The summed E-state index contributed by atoms with van der Waals surface area (Å²) in [6.07, 6.45) is 0.727. The molecule has 0 fully saturated rings. The zero-order chi connectivity index (χ0) is 8.27. The van der Waals surface area contributed by atoms with Crippen LogP contribution < -0.4 is 0 Å². The molecule has 0 unspecified atom stereocenters. The third-order valence-electron chi connectivity index (χ3n) is 1.40. The third-order valence-corrected chi connectivity index (χ3v) is 2.40. The minimum atomic E-state index is -0.146. The van der Waals surface area contributed by atoms with Crippen LogP contribution in [0.5, 0.6) is 0 Å². The first-order valence-electron chi connectivity index (χ1n) is 3.24. The Balaban J connectivity index is 2.96. The Morgan fingerprint density at radius 1 is 1.36 bits per heavy atom. The van der Waals surface area contributed by atoms with Crippen molar-refractivity contribution in [3.63, 3.8) is 0 Å². The van der Waals surface area contributed by atoms with Crippen molar-refractivity contribution >= 4 is 31.9 Å². The highest BCUT2D eigenvalue weighted by atomic mass is 79.9. The number of benzene rings is 1. The first-order valence-corrected chi connectivity index (χ1v) is 5.16. The van der Waals surface area contributed by atoms with E-state index in [9.17, 15) is 4.39 Å². The largest absolute Gasteiger partial charge is 0.205 e. The lowest BCUT2D eigenvalue weighted by molar-refractivity contribution is 0.606. The summed E-state index contributed by atoms with van der Waals surface area (Å²) in [5, 5.41) is 0.792. The molecular formula is C8H7Br2F. The lowest BCUT2D eigenvalue weighted by Crippen LogP contribution is -1.91. The van der Waals surface area contributed by atoms with Gasteiger partial charge in [0, 0.05) is 5.33 Å². The quantitative estimate of drug-likeness (QED) is 0.728. The van der Waals surface area contributed by atoms with E-state index in [1.165, 1.54) is 0 Å². The highest BCUT2D eigenvalue weighted by Gasteiger charge is 2.03. The van der Waals surface area contributed by atoms with Crippen LogP contribution in [-0.4, -0.2) is 5.33 Å². The summed E-state index contributed by atoms with van der Waals surface area (Å²) in [6, 6.07) is 5.33. The molecule has 11 heavy (non-hydrogen) atoms. The van der Waals surface area contributed by atoms with Gasteiger partial charge in [-0.3, -0.25) is 0 Å². The monoisotopic (exact) mass is 280 g/mol. The first-order chi connectivity index (χ1) is 5.25. The van der Waals surface area contributed by atoms with Crippen LogP contribution in [0.25, 0.3) is 0 Å². The molecule has 60 valence electrons. The van der Waals surface area contributed by atoms with E-state index in [4.69, 9.17) is 0 Å². The van der Waals surface area contributed by atoms with Crippen LogP contribution in [0, 0.1) is 5.82 Å². The van der Waals surface area contributed by atoms with Crippen molar-refractivity contribution in [3.05, 3.63) is 34.1 Å². The Hall–Kier alpha value is 0.110. The molecule has 0 bridgehead atoms. The molecule has 0 spiro atoms. The van der Waals surface area contributed by atoms with Crippen molar-refractivity contribution in [3.8, 4) is 0 Å². The van der Waals surface area contributed by atoms with E-state index in [0.717, 1.165) is 17.3 Å². The maximum atomic E-state index is 13.1. The van der Waals surface area contributed by atoms with Crippen molar-refractivity contribution in [2.24, 2.45) is 0 Å². The molecule has 0 nitrogen and oxygen atoms in total. The van der Waals surface area contributed by atoms with Crippen LogP contribution in [0.2, 0.25) is 0 Å². The maximum absolute atomic E-state index is 13.1. The maximum Gasteiger partial charge on any atom is 0.140 e. The predicted molar refractivity (Wildman–Crippen MR) is 51.6 cm³/mol.